The Kier molecular flexibility index (Phi) is 8.56. The Morgan fingerprint density at radius 2 is 0.970 bits per heavy atom. The summed E-state index contributed by atoms with van der Waals surface area (Å²) in [5.74, 6) is 0. The number of anilines is 3. The summed E-state index contributed by atoms with van der Waals surface area (Å²) in [4.78, 5) is 2.50. The van der Waals surface area contributed by atoms with E-state index in [0.717, 1.165) is 72.5 Å². The summed E-state index contributed by atoms with van der Waals surface area (Å²) < 4.78 is 9.16. The largest absolute Gasteiger partial charge is 0.456 e. The van der Waals surface area contributed by atoms with Crippen LogP contribution in [-0.4, -0.2) is 4.57 Å². The number of rotatable bonds is 7. The van der Waals surface area contributed by atoms with E-state index in [4.69, 9.17) is 4.42 Å². The van der Waals surface area contributed by atoms with Crippen molar-refractivity contribution < 1.29 is 4.42 Å². The van der Waals surface area contributed by atoms with E-state index in [0.29, 0.717) is 0 Å². The number of hydrogen-bond acceptors (Lipinski definition) is 2. The first-order chi connectivity index (χ1) is 32.5. The molecule has 0 radical (unpaired) electrons. The zero-order valence-electron chi connectivity index (χ0n) is 36.7. The van der Waals surface area contributed by atoms with Crippen LogP contribution in [0.5, 0.6) is 0 Å². The molecule has 3 nitrogen and oxygen atoms in total. The Labute approximate surface area is 384 Å². The molecule has 312 valence electrons. The monoisotopic (exact) mass is 844 g/mol. The molecule has 0 spiro atoms. The summed E-state index contributed by atoms with van der Waals surface area (Å²) >= 11 is 0. The maximum absolute atomic E-state index is 6.75. The molecule has 1 aliphatic rings. The third-order valence-electron chi connectivity index (χ3n) is 14.0. The minimum absolute atomic E-state index is 0.195. The molecule has 0 unspecified atom stereocenters. The molecule has 0 saturated carbocycles. The van der Waals surface area contributed by atoms with E-state index in [2.05, 4.69) is 254 Å². The van der Waals surface area contributed by atoms with Crippen molar-refractivity contribution in [1.82, 2.24) is 4.57 Å². The molecule has 12 aromatic rings. The minimum Gasteiger partial charge on any atom is -0.456 e. The van der Waals surface area contributed by atoms with E-state index >= 15 is 0 Å². The van der Waals surface area contributed by atoms with Gasteiger partial charge in [0.05, 0.1) is 16.7 Å². The molecule has 3 heteroatoms. The van der Waals surface area contributed by atoms with Gasteiger partial charge in [-0.1, -0.05) is 166 Å². The number of aromatic nitrogens is 1. The molecule has 66 heavy (non-hydrogen) atoms. The quantitative estimate of drug-likeness (QED) is 0.159. The van der Waals surface area contributed by atoms with Gasteiger partial charge in [-0.05, 0) is 129 Å². The first-order valence-electron chi connectivity index (χ1n) is 22.8. The van der Waals surface area contributed by atoms with Crippen LogP contribution in [-0.2, 0) is 5.41 Å². The molecule has 0 bridgehead atoms. The number of hydrogen-bond donors (Lipinski definition) is 0. The van der Waals surface area contributed by atoms with Crippen molar-refractivity contribution in [3.8, 4) is 50.2 Å². The number of benzene rings is 10. The Bertz CT molecular complexity index is 3780. The van der Waals surface area contributed by atoms with E-state index in [1.54, 1.807) is 0 Å². The van der Waals surface area contributed by atoms with Crippen LogP contribution in [0, 0.1) is 0 Å². The van der Waals surface area contributed by atoms with Gasteiger partial charge in [-0.3, -0.25) is 0 Å². The number of fused-ring (bicyclic) bond motifs is 9. The van der Waals surface area contributed by atoms with Gasteiger partial charge in [-0.25, -0.2) is 0 Å². The summed E-state index contributed by atoms with van der Waals surface area (Å²) in [6, 6.07) is 84.1. The number of para-hydroxylation sites is 3. The lowest BCUT2D eigenvalue weighted by molar-refractivity contribution is 0.660. The zero-order valence-corrected chi connectivity index (χ0v) is 36.7. The normalized spacial score (nSPS) is 12.8. The van der Waals surface area contributed by atoms with Gasteiger partial charge in [-0.15, -0.1) is 0 Å². The number of nitrogens with zero attached hydrogens (tertiary/aromatic N) is 2. The molecule has 0 saturated heterocycles. The zero-order chi connectivity index (χ0) is 43.9. The highest BCUT2D eigenvalue weighted by atomic mass is 16.3. The SMILES string of the molecule is CC1(C)c2ccccc2-c2ccc(N(c3ccc4c5ccccc5n(-c5ccccc5)c4c3)c3ccc4oc5ccccc5c4c3-c3cc(-c4ccccc4)cc(-c4ccccc4)c3)cc21. The van der Waals surface area contributed by atoms with Crippen molar-refractivity contribution in [2.24, 2.45) is 0 Å². The van der Waals surface area contributed by atoms with Gasteiger partial charge >= 0.3 is 0 Å². The molecule has 2 aromatic heterocycles. The van der Waals surface area contributed by atoms with Crippen LogP contribution in [0.3, 0.4) is 0 Å². The van der Waals surface area contributed by atoms with Crippen molar-refractivity contribution in [3.05, 3.63) is 242 Å². The maximum atomic E-state index is 6.75. The second-order valence-corrected chi connectivity index (χ2v) is 18.1. The van der Waals surface area contributed by atoms with Crippen LogP contribution in [0.4, 0.5) is 17.1 Å². The van der Waals surface area contributed by atoms with Crippen LogP contribution in [0.1, 0.15) is 25.0 Å². The fraction of sp³-hybridized carbons (Fsp3) is 0.0476. The van der Waals surface area contributed by atoms with Crippen molar-refractivity contribution in [3.63, 3.8) is 0 Å². The Morgan fingerprint density at radius 1 is 0.394 bits per heavy atom. The molecule has 13 rings (SSSR count). The van der Waals surface area contributed by atoms with Gasteiger partial charge in [0.1, 0.15) is 11.2 Å². The van der Waals surface area contributed by atoms with E-state index in [1.165, 1.54) is 49.7 Å². The van der Waals surface area contributed by atoms with E-state index in [-0.39, 0.29) is 5.41 Å². The smallest absolute Gasteiger partial charge is 0.136 e. The number of furan rings is 1. The Morgan fingerprint density at radius 3 is 1.73 bits per heavy atom. The topological polar surface area (TPSA) is 21.3 Å². The van der Waals surface area contributed by atoms with Gasteiger partial charge in [0.25, 0.3) is 0 Å². The summed E-state index contributed by atoms with van der Waals surface area (Å²) in [7, 11) is 0. The standard InChI is InChI=1S/C63H44N2O/c1-63(2)54-27-15-12-24-49(54)50-32-30-47(39-55(50)63)64(48-31-33-52-51-25-13-16-28-56(51)65(58(52)40-48)46-22-10-5-11-23-46)57-34-35-60-62(53-26-14-17-29-59(53)66-60)61(57)45-37-43(41-18-6-3-7-19-41)36-44(38-45)42-20-8-4-9-21-42/h3-40H,1-2H3. The third kappa shape index (κ3) is 5.90. The molecule has 2 heterocycles. The second-order valence-electron chi connectivity index (χ2n) is 18.1. The van der Waals surface area contributed by atoms with Gasteiger partial charge < -0.3 is 13.9 Å². The molecule has 0 N–H and O–H groups in total. The van der Waals surface area contributed by atoms with Gasteiger partial charge in [-0.2, -0.15) is 0 Å². The fourth-order valence-corrected chi connectivity index (χ4v) is 10.9. The Balaban J connectivity index is 1.15. The highest BCUT2D eigenvalue weighted by Gasteiger charge is 2.36. The summed E-state index contributed by atoms with van der Waals surface area (Å²) in [6.07, 6.45) is 0. The predicted molar refractivity (Wildman–Crippen MR) is 277 cm³/mol. The molecule has 0 atom stereocenters. The average Bonchev–Trinajstić information content (AvgIpc) is 4.00. The van der Waals surface area contributed by atoms with E-state index in [1.807, 2.05) is 0 Å². The highest BCUT2D eigenvalue weighted by Crippen LogP contribution is 2.53. The molecular weight excluding hydrogens is 801 g/mol. The van der Waals surface area contributed by atoms with Crippen LogP contribution in [0.2, 0.25) is 0 Å². The van der Waals surface area contributed by atoms with Crippen LogP contribution >= 0.6 is 0 Å². The third-order valence-corrected chi connectivity index (χ3v) is 14.0. The van der Waals surface area contributed by atoms with Crippen LogP contribution in [0.25, 0.3) is 93.9 Å². The lowest BCUT2D eigenvalue weighted by Gasteiger charge is -2.30. The summed E-state index contributed by atoms with van der Waals surface area (Å²) in [5, 5.41) is 4.61. The highest BCUT2D eigenvalue weighted by molar-refractivity contribution is 6.17. The van der Waals surface area contributed by atoms with E-state index in [9.17, 15) is 0 Å². The van der Waals surface area contributed by atoms with Gasteiger partial charge in [0, 0.05) is 49.6 Å². The molecule has 1 aliphatic carbocycles. The Hall–Kier alpha value is -8.40. The van der Waals surface area contributed by atoms with Crippen LogP contribution in [0.15, 0.2) is 235 Å². The molecule has 10 aromatic carbocycles. The molecular formula is C63H44N2O. The van der Waals surface area contributed by atoms with Crippen LogP contribution < -0.4 is 4.90 Å². The van der Waals surface area contributed by atoms with Gasteiger partial charge in [0.15, 0.2) is 0 Å². The van der Waals surface area contributed by atoms with Crippen molar-refractivity contribution in [2.75, 3.05) is 4.90 Å². The fourth-order valence-electron chi connectivity index (χ4n) is 10.9. The molecule has 0 aliphatic heterocycles. The first kappa shape index (κ1) is 38.1. The predicted octanol–water partition coefficient (Wildman–Crippen LogP) is 17.5. The van der Waals surface area contributed by atoms with Gasteiger partial charge in [0.2, 0.25) is 0 Å². The molecule has 0 fully saturated rings. The second kappa shape index (κ2) is 14.8. The van der Waals surface area contributed by atoms with E-state index < -0.39 is 0 Å². The summed E-state index contributed by atoms with van der Waals surface area (Å²) in [5.41, 5.74) is 20.3. The maximum Gasteiger partial charge on any atom is 0.136 e. The first-order valence-corrected chi connectivity index (χ1v) is 22.8. The van der Waals surface area contributed by atoms with Crippen molar-refractivity contribution in [1.29, 1.82) is 0 Å². The average molecular weight is 845 g/mol. The summed E-state index contributed by atoms with van der Waals surface area (Å²) in [6.45, 7) is 4.73. The van der Waals surface area contributed by atoms with Crippen molar-refractivity contribution >= 4 is 60.8 Å². The minimum atomic E-state index is -0.195. The lowest BCUT2D eigenvalue weighted by Crippen LogP contribution is -2.17. The molecule has 0 amide bonds. The van der Waals surface area contributed by atoms with Crippen molar-refractivity contribution in [2.45, 2.75) is 19.3 Å². The lowest BCUT2D eigenvalue weighted by atomic mass is 9.82.